The molecule has 0 N–H and O–H groups in total. The van der Waals surface area contributed by atoms with E-state index in [0.29, 0.717) is 45.1 Å². The van der Waals surface area contributed by atoms with E-state index in [1.54, 1.807) is 9.58 Å². The van der Waals surface area contributed by atoms with E-state index in [-0.39, 0.29) is 24.2 Å². The first kappa shape index (κ1) is 21.6. The number of aromatic nitrogens is 4. The van der Waals surface area contributed by atoms with Gasteiger partial charge in [0, 0.05) is 38.5 Å². The van der Waals surface area contributed by atoms with Gasteiger partial charge in [0.05, 0.1) is 19.8 Å². The number of aryl methyl sites for hydroxylation is 1. The van der Waals surface area contributed by atoms with Crippen molar-refractivity contribution >= 4 is 11.7 Å². The minimum absolute atomic E-state index is 0.0314. The molecule has 2 fully saturated rings. The highest BCUT2D eigenvalue weighted by atomic mass is 16.5. The van der Waals surface area contributed by atoms with Gasteiger partial charge in [-0.2, -0.15) is 0 Å². The molecule has 1 aromatic heterocycles. The highest BCUT2D eigenvalue weighted by Crippen LogP contribution is 2.20. The Morgan fingerprint density at radius 1 is 1.10 bits per heavy atom. The van der Waals surface area contributed by atoms with Gasteiger partial charge >= 0.3 is 0 Å². The fourth-order valence-electron chi connectivity index (χ4n) is 4.23. The quantitative estimate of drug-likeness (QED) is 0.620. The van der Waals surface area contributed by atoms with Crippen LogP contribution >= 0.6 is 0 Å². The average Bonchev–Trinajstić information content (AvgIpc) is 3.25. The Morgan fingerprint density at radius 2 is 1.90 bits per heavy atom. The lowest BCUT2D eigenvalue weighted by molar-refractivity contribution is -0.136. The zero-order valence-corrected chi connectivity index (χ0v) is 17.9. The van der Waals surface area contributed by atoms with E-state index >= 15 is 0 Å². The lowest BCUT2D eigenvalue weighted by Crippen LogP contribution is -2.44. The SMILES string of the molecule is O=C(CCc1ccccc1)[C@@H]1CCCN(C(=O)Cn2nnnc2CN2CCOCC2)C1. The number of morpholine rings is 1. The summed E-state index contributed by atoms with van der Waals surface area (Å²) in [7, 11) is 0. The molecule has 1 atom stereocenters. The molecule has 2 saturated heterocycles. The number of rotatable bonds is 8. The number of piperidine rings is 1. The zero-order valence-electron chi connectivity index (χ0n) is 17.9. The molecule has 1 aromatic carbocycles. The van der Waals surface area contributed by atoms with Gasteiger partial charge in [0.15, 0.2) is 5.82 Å². The van der Waals surface area contributed by atoms with Gasteiger partial charge in [-0.1, -0.05) is 30.3 Å². The van der Waals surface area contributed by atoms with Crippen molar-refractivity contribution in [1.29, 1.82) is 0 Å². The van der Waals surface area contributed by atoms with E-state index in [1.165, 1.54) is 5.56 Å². The van der Waals surface area contributed by atoms with Crippen LogP contribution in [0.15, 0.2) is 30.3 Å². The zero-order chi connectivity index (χ0) is 21.5. The minimum Gasteiger partial charge on any atom is -0.379 e. The largest absolute Gasteiger partial charge is 0.379 e. The number of likely N-dealkylation sites (tertiary alicyclic amines) is 1. The van der Waals surface area contributed by atoms with E-state index in [0.717, 1.165) is 32.4 Å². The number of carbonyl (C=O) groups is 2. The first-order chi connectivity index (χ1) is 15.2. The summed E-state index contributed by atoms with van der Waals surface area (Å²) < 4.78 is 6.96. The Labute approximate surface area is 182 Å². The van der Waals surface area contributed by atoms with Crippen molar-refractivity contribution in [2.45, 2.75) is 38.8 Å². The predicted molar refractivity (Wildman–Crippen MR) is 113 cm³/mol. The third kappa shape index (κ3) is 5.95. The van der Waals surface area contributed by atoms with E-state index in [2.05, 4.69) is 20.4 Å². The van der Waals surface area contributed by atoms with E-state index < -0.39 is 0 Å². The summed E-state index contributed by atoms with van der Waals surface area (Å²) >= 11 is 0. The van der Waals surface area contributed by atoms with Gasteiger partial charge in [-0.3, -0.25) is 14.5 Å². The van der Waals surface area contributed by atoms with Crippen molar-refractivity contribution < 1.29 is 14.3 Å². The van der Waals surface area contributed by atoms with Gasteiger partial charge in [-0.25, -0.2) is 4.68 Å². The van der Waals surface area contributed by atoms with Crippen LogP contribution in [-0.4, -0.2) is 81.1 Å². The molecule has 2 aliphatic rings. The van der Waals surface area contributed by atoms with Crippen LogP contribution in [0, 0.1) is 5.92 Å². The van der Waals surface area contributed by atoms with Crippen LogP contribution in [0.5, 0.6) is 0 Å². The standard InChI is InChI=1S/C22H30N6O3/c29-20(9-8-18-5-2-1-3-6-18)19-7-4-10-27(15-19)22(30)17-28-21(23-24-25-28)16-26-11-13-31-14-12-26/h1-3,5-6,19H,4,7-17H2/t19-/m1/s1. The van der Waals surface area contributed by atoms with E-state index in [9.17, 15) is 9.59 Å². The summed E-state index contributed by atoms with van der Waals surface area (Å²) in [5.41, 5.74) is 1.17. The monoisotopic (exact) mass is 426 g/mol. The molecule has 0 spiro atoms. The maximum atomic E-state index is 12.9. The maximum Gasteiger partial charge on any atom is 0.244 e. The Kier molecular flexibility index (Phi) is 7.37. The Balaban J connectivity index is 1.29. The Morgan fingerprint density at radius 3 is 2.71 bits per heavy atom. The molecule has 0 radical (unpaired) electrons. The summed E-state index contributed by atoms with van der Waals surface area (Å²) in [6.45, 7) is 4.96. The van der Waals surface area contributed by atoms with Crippen LogP contribution in [0.3, 0.4) is 0 Å². The maximum absolute atomic E-state index is 12.9. The number of amides is 1. The van der Waals surface area contributed by atoms with Crippen molar-refractivity contribution in [3.63, 3.8) is 0 Å². The smallest absolute Gasteiger partial charge is 0.244 e. The van der Waals surface area contributed by atoms with E-state index in [1.807, 2.05) is 30.3 Å². The molecule has 0 bridgehead atoms. The summed E-state index contributed by atoms with van der Waals surface area (Å²) in [6.07, 6.45) is 2.97. The molecule has 2 aromatic rings. The number of hydrogen-bond acceptors (Lipinski definition) is 7. The Hall–Kier alpha value is -2.65. The number of benzene rings is 1. The van der Waals surface area contributed by atoms with Crippen LogP contribution < -0.4 is 0 Å². The lowest BCUT2D eigenvalue weighted by atomic mass is 9.90. The first-order valence-electron chi connectivity index (χ1n) is 11.1. The van der Waals surface area contributed by atoms with Crippen LogP contribution in [0.1, 0.15) is 30.7 Å². The molecule has 166 valence electrons. The molecular weight excluding hydrogens is 396 g/mol. The number of tetrazole rings is 1. The molecule has 2 aliphatic heterocycles. The summed E-state index contributed by atoms with van der Waals surface area (Å²) in [5, 5.41) is 11.9. The average molecular weight is 427 g/mol. The molecule has 0 unspecified atom stereocenters. The summed E-state index contributed by atoms with van der Waals surface area (Å²) in [4.78, 5) is 29.7. The molecule has 3 heterocycles. The second-order valence-electron chi connectivity index (χ2n) is 8.27. The second-order valence-corrected chi connectivity index (χ2v) is 8.27. The second kappa shape index (κ2) is 10.6. The molecule has 9 nitrogen and oxygen atoms in total. The molecule has 4 rings (SSSR count). The topological polar surface area (TPSA) is 93.5 Å². The minimum atomic E-state index is -0.0805. The molecule has 31 heavy (non-hydrogen) atoms. The summed E-state index contributed by atoms with van der Waals surface area (Å²) in [6, 6.07) is 10.1. The van der Waals surface area contributed by atoms with Crippen molar-refractivity contribution in [2.24, 2.45) is 5.92 Å². The third-order valence-electron chi connectivity index (χ3n) is 6.09. The number of hydrogen-bond donors (Lipinski definition) is 0. The third-order valence-corrected chi connectivity index (χ3v) is 6.09. The van der Waals surface area contributed by atoms with Gasteiger partial charge < -0.3 is 9.64 Å². The molecule has 9 heteroatoms. The number of ether oxygens (including phenoxy) is 1. The molecule has 1 amide bonds. The molecule has 0 saturated carbocycles. The highest BCUT2D eigenvalue weighted by Gasteiger charge is 2.28. The fourth-order valence-corrected chi connectivity index (χ4v) is 4.23. The molecule has 0 aliphatic carbocycles. The van der Waals surface area contributed by atoms with Crippen molar-refractivity contribution in [2.75, 3.05) is 39.4 Å². The Bertz CT molecular complexity index is 865. The first-order valence-corrected chi connectivity index (χ1v) is 11.1. The predicted octanol–water partition coefficient (Wildman–Crippen LogP) is 0.946. The van der Waals surface area contributed by atoms with Crippen LogP contribution in [0.2, 0.25) is 0 Å². The number of carbonyl (C=O) groups excluding carboxylic acids is 2. The van der Waals surface area contributed by atoms with Gasteiger partial charge in [0.2, 0.25) is 5.91 Å². The van der Waals surface area contributed by atoms with Crippen molar-refractivity contribution in [1.82, 2.24) is 30.0 Å². The van der Waals surface area contributed by atoms with Crippen LogP contribution in [0.4, 0.5) is 0 Å². The van der Waals surface area contributed by atoms with Gasteiger partial charge in [0.1, 0.15) is 12.3 Å². The van der Waals surface area contributed by atoms with Gasteiger partial charge in [-0.05, 0) is 35.3 Å². The van der Waals surface area contributed by atoms with Gasteiger partial charge in [0.25, 0.3) is 0 Å². The van der Waals surface area contributed by atoms with Gasteiger partial charge in [-0.15, -0.1) is 5.10 Å². The summed E-state index contributed by atoms with van der Waals surface area (Å²) in [5.74, 6) is 0.818. The van der Waals surface area contributed by atoms with Crippen LogP contribution in [-0.2, 0) is 33.8 Å². The lowest BCUT2D eigenvalue weighted by Gasteiger charge is -2.32. The molecular formula is C22H30N6O3. The normalized spacial score (nSPS) is 20.0. The van der Waals surface area contributed by atoms with Crippen LogP contribution in [0.25, 0.3) is 0 Å². The number of Topliss-reactive ketones (excluding diaryl/α,β-unsaturated/α-hetero) is 1. The fraction of sp³-hybridized carbons (Fsp3) is 0.591. The number of ketones is 1. The number of nitrogens with zero attached hydrogens (tertiary/aromatic N) is 6. The van der Waals surface area contributed by atoms with Crippen molar-refractivity contribution in [3.05, 3.63) is 41.7 Å². The van der Waals surface area contributed by atoms with Crippen molar-refractivity contribution in [3.8, 4) is 0 Å². The highest BCUT2D eigenvalue weighted by molar-refractivity contribution is 5.83. The van der Waals surface area contributed by atoms with E-state index in [4.69, 9.17) is 4.74 Å².